The van der Waals surface area contributed by atoms with Gasteiger partial charge in [0.1, 0.15) is 0 Å². The van der Waals surface area contributed by atoms with Gasteiger partial charge < -0.3 is 10.6 Å². The molecule has 0 spiro atoms. The highest BCUT2D eigenvalue weighted by Gasteiger charge is 2.24. The quantitative estimate of drug-likeness (QED) is 0.689. The van der Waals surface area contributed by atoms with Crippen LogP contribution in [0.15, 0.2) is 52.9 Å². The molecule has 0 bridgehead atoms. The van der Waals surface area contributed by atoms with E-state index in [2.05, 4.69) is 15.6 Å². The molecule has 6 nitrogen and oxygen atoms in total. The number of hydrogen-bond acceptors (Lipinski definition) is 5. The van der Waals surface area contributed by atoms with Gasteiger partial charge in [0.15, 0.2) is 5.82 Å². The maximum Gasteiger partial charge on any atom is 0.297 e. The molecule has 4 rings (SSSR count). The van der Waals surface area contributed by atoms with Gasteiger partial charge in [-0.05, 0) is 48.9 Å². The average Bonchev–Trinajstić information content (AvgIpc) is 3.32. The molecule has 138 valence electrons. The fraction of sp³-hybridized carbons (Fsp3) is 0.250. The van der Waals surface area contributed by atoms with Crippen LogP contribution in [-0.2, 0) is 6.54 Å². The highest BCUT2D eigenvalue weighted by molar-refractivity contribution is 7.09. The zero-order valence-corrected chi connectivity index (χ0v) is 15.8. The summed E-state index contributed by atoms with van der Waals surface area (Å²) in [6.45, 7) is 2.47. The number of nitrogens with one attached hydrogen (secondary N) is 2. The van der Waals surface area contributed by atoms with E-state index in [1.54, 1.807) is 35.9 Å². The highest BCUT2D eigenvalue weighted by atomic mass is 32.1. The summed E-state index contributed by atoms with van der Waals surface area (Å²) in [6, 6.07) is 9.68. The monoisotopic (exact) mass is 380 g/mol. The predicted octanol–water partition coefficient (Wildman–Crippen LogP) is 3.11. The Balaban J connectivity index is 1.63. The number of hydrogen-bond donors (Lipinski definition) is 2. The van der Waals surface area contributed by atoms with Gasteiger partial charge in [-0.3, -0.25) is 14.2 Å². The first-order valence-corrected chi connectivity index (χ1v) is 9.75. The van der Waals surface area contributed by atoms with Gasteiger partial charge in [0, 0.05) is 28.9 Å². The fourth-order valence-electron chi connectivity index (χ4n) is 2.81. The molecular weight excluding hydrogens is 360 g/mol. The molecule has 0 saturated heterocycles. The molecule has 2 heterocycles. The van der Waals surface area contributed by atoms with Crippen LogP contribution in [0, 0.1) is 6.92 Å². The zero-order chi connectivity index (χ0) is 18.8. The summed E-state index contributed by atoms with van der Waals surface area (Å²) in [5.41, 5.74) is 1.91. The second-order valence-corrected chi connectivity index (χ2v) is 7.67. The molecule has 27 heavy (non-hydrogen) atoms. The van der Waals surface area contributed by atoms with Crippen LogP contribution in [0.4, 0.5) is 5.82 Å². The van der Waals surface area contributed by atoms with E-state index in [0.717, 1.165) is 23.3 Å². The fourth-order valence-corrected chi connectivity index (χ4v) is 3.46. The van der Waals surface area contributed by atoms with E-state index in [1.165, 1.54) is 4.57 Å². The van der Waals surface area contributed by atoms with Gasteiger partial charge in [0.05, 0.1) is 12.2 Å². The number of carbonyl (C=O) groups is 1. The molecule has 1 saturated carbocycles. The lowest BCUT2D eigenvalue weighted by Gasteiger charge is -2.13. The summed E-state index contributed by atoms with van der Waals surface area (Å²) in [7, 11) is 0. The van der Waals surface area contributed by atoms with E-state index < -0.39 is 0 Å². The number of thiophene rings is 1. The lowest BCUT2D eigenvalue weighted by Crippen LogP contribution is -2.26. The van der Waals surface area contributed by atoms with Crippen molar-refractivity contribution in [1.29, 1.82) is 0 Å². The number of amides is 1. The van der Waals surface area contributed by atoms with Gasteiger partial charge in [-0.2, -0.15) is 0 Å². The van der Waals surface area contributed by atoms with E-state index in [-0.39, 0.29) is 17.3 Å². The number of rotatable bonds is 6. The minimum absolute atomic E-state index is 0.100. The van der Waals surface area contributed by atoms with Gasteiger partial charge in [-0.15, -0.1) is 11.3 Å². The molecule has 0 radical (unpaired) electrons. The summed E-state index contributed by atoms with van der Waals surface area (Å²) >= 11 is 1.62. The third kappa shape index (κ3) is 3.93. The summed E-state index contributed by atoms with van der Waals surface area (Å²) in [4.78, 5) is 30.6. The van der Waals surface area contributed by atoms with Crippen LogP contribution in [0.1, 0.15) is 33.6 Å². The van der Waals surface area contributed by atoms with Crippen LogP contribution in [0.3, 0.4) is 0 Å². The summed E-state index contributed by atoms with van der Waals surface area (Å²) in [6.07, 6.45) is 5.29. The summed E-state index contributed by atoms with van der Waals surface area (Å²) in [5, 5.41) is 8.08. The number of aromatic nitrogens is 2. The number of anilines is 1. The standard InChI is InChI=1S/C20H20N4O2S/c1-13-4-5-14(19(25)23-15-6-7-15)11-17(13)24-9-8-21-18(20(24)26)22-12-16-3-2-10-27-16/h2-5,8-11,15H,6-7,12H2,1H3,(H,21,22)(H,23,25). The molecule has 2 aromatic heterocycles. The molecule has 7 heteroatoms. The second kappa shape index (κ2) is 7.36. The van der Waals surface area contributed by atoms with Crippen LogP contribution >= 0.6 is 11.3 Å². The third-order valence-electron chi connectivity index (χ3n) is 4.49. The molecule has 0 atom stereocenters. The number of aryl methyl sites for hydroxylation is 1. The minimum Gasteiger partial charge on any atom is -0.361 e. The van der Waals surface area contributed by atoms with Crippen molar-refractivity contribution in [1.82, 2.24) is 14.9 Å². The first-order valence-electron chi connectivity index (χ1n) is 8.87. The van der Waals surface area contributed by atoms with Crippen LogP contribution < -0.4 is 16.2 Å². The first kappa shape index (κ1) is 17.5. The Kier molecular flexibility index (Phi) is 4.77. The molecule has 3 aromatic rings. The van der Waals surface area contributed by atoms with Crippen molar-refractivity contribution < 1.29 is 4.79 Å². The molecular formula is C20H20N4O2S. The Bertz CT molecular complexity index is 1020. The van der Waals surface area contributed by atoms with Crippen molar-refractivity contribution in [2.45, 2.75) is 32.4 Å². The molecule has 1 amide bonds. The van der Waals surface area contributed by atoms with Crippen molar-refractivity contribution in [3.05, 3.63) is 74.5 Å². The smallest absolute Gasteiger partial charge is 0.297 e. The van der Waals surface area contributed by atoms with Crippen molar-refractivity contribution in [3.8, 4) is 5.69 Å². The highest BCUT2D eigenvalue weighted by Crippen LogP contribution is 2.21. The van der Waals surface area contributed by atoms with Crippen LogP contribution in [0.25, 0.3) is 5.69 Å². The second-order valence-electron chi connectivity index (χ2n) is 6.63. The van der Waals surface area contributed by atoms with Crippen molar-refractivity contribution in [3.63, 3.8) is 0 Å². The van der Waals surface area contributed by atoms with E-state index >= 15 is 0 Å². The lowest BCUT2D eigenvalue weighted by molar-refractivity contribution is 0.0951. The Morgan fingerprint density at radius 2 is 2.19 bits per heavy atom. The SMILES string of the molecule is Cc1ccc(C(=O)NC2CC2)cc1-n1ccnc(NCc2cccs2)c1=O. The first-order chi connectivity index (χ1) is 13.1. The van der Waals surface area contributed by atoms with Crippen molar-refractivity contribution in [2.24, 2.45) is 0 Å². The lowest BCUT2D eigenvalue weighted by atomic mass is 10.1. The summed E-state index contributed by atoms with van der Waals surface area (Å²) < 4.78 is 1.53. The maximum absolute atomic E-state index is 12.9. The number of carbonyl (C=O) groups excluding carboxylic acids is 1. The van der Waals surface area contributed by atoms with Gasteiger partial charge in [-0.1, -0.05) is 12.1 Å². The van der Waals surface area contributed by atoms with E-state index in [1.807, 2.05) is 30.5 Å². The molecule has 0 aliphatic heterocycles. The Morgan fingerprint density at radius 3 is 2.93 bits per heavy atom. The summed E-state index contributed by atoms with van der Waals surface area (Å²) in [5.74, 6) is 0.190. The largest absolute Gasteiger partial charge is 0.361 e. The average molecular weight is 380 g/mol. The van der Waals surface area contributed by atoms with E-state index in [0.29, 0.717) is 23.8 Å². The molecule has 0 unspecified atom stereocenters. The topological polar surface area (TPSA) is 76.0 Å². The van der Waals surface area contributed by atoms with Gasteiger partial charge in [0.2, 0.25) is 0 Å². The Hall–Kier alpha value is -2.93. The van der Waals surface area contributed by atoms with Crippen molar-refractivity contribution >= 4 is 23.1 Å². The Labute approximate surface area is 160 Å². The van der Waals surface area contributed by atoms with Gasteiger partial charge >= 0.3 is 0 Å². The minimum atomic E-state index is -0.239. The predicted molar refractivity (Wildman–Crippen MR) is 107 cm³/mol. The molecule has 1 aliphatic rings. The molecule has 1 aromatic carbocycles. The molecule has 1 aliphatic carbocycles. The van der Waals surface area contributed by atoms with E-state index in [4.69, 9.17) is 0 Å². The van der Waals surface area contributed by atoms with Gasteiger partial charge in [-0.25, -0.2) is 4.98 Å². The van der Waals surface area contributed by atoms with Crippen LogP contribution in [0.2, 0.25) is 0 Å². The number of nitrogens with zero attached hydrogens (tertiary/aromatic N) is 2. The third-order valence-corrected chi connectivity index (χ3v) is 5.37. The van der Waals surface area contributed by atoms with E-state index in [9.17, 15) is 9.59 Å². The maximum atomic E-state index is 12.9. The normalized spacial score (nSPS) is 13.4. The van der Waals surface area contributed by atoms with Crippen LogP contribution in [-0.4, -0.2) is 21.5 Å². The zero-order valence-electron chi connectivity index (χ0n) is 14.9. The van der Waals surface area contributed by atoms with Crippen LogP contribution in [0.5, 0.6) is 0 Å². The van der Waals surface area contributed by atoms with Crippen molar-refractivity contribution in [2.75, 3.05) is 5.32 Å². The number of benzene rings is 1. The molecule has 2 N–H and O–H groups in total. The van der Waals surface area contributed by atoms with Gasteiger partial charge in [0.25, 0.3) is 11.5 Å². The molecule has 1 fully saturated rings. The Morgan fingerprint density at radius 1 is 1.33 bits per heavy atom.